The Morgan fingerprint density at radius 2 is 2.00 bits per heavy atom. The van der Waals surface area contributed by atoms with E-state index in [1.54, 1.807) is 0 Å². The first-order valence-electron chi connectivity index (χ1n) is 5.04. The quantitative estimate of drug-likeness (QED) is 0.683. The highest BCUT2D eigenvalue weighted by Crippen LogP contribution is 2.35. The third kappa shape index (κ3) is 1.68. The number of halogens is 1. The number of hydrogen-bond acceptors (Lipinski definition) is 1. The van der Waals surface area contributed by atoms with Gasteiger partial charge < -0.3 is 4.90 Å². The van der Waals surface area contributed by atoms with Crippen LogP contribution in [0.5, 0.6) is 0 Å². The number of rotatable bonds is 0. The molecule has 0 amide bonds. The SMILES string of the molecule is CC(C)(C)N1CCc2ccc(Br)cc21. The van der Waals surface area contributed by atoms with Gasteiger partial charge in [0.2, 0.25) is 0 Å². The summed E-state index contributed by atoms with van der Waals surface area (Å²) >= 11 is 3.53. The minimum absolute atomic E-state index is 0.228. The lowest BCUT2D eigenvalue weighted by Crippen LogP contribution is -2.40. The average Bonchev–Trinajstić information content (AvgIpc) is 2.45. The Labute approximate surface area is 94.2 Å². The molecule has 2 heteroatoms. The van der Waals surface area contributed by atoms with Crippen molar-refractivity contribution in [3.05, 3.63) is 28.2 Å². The molecule has 0 fully saturated rings. The fourth-order valence-corrected chi connectivity index (χ4v) is 2.40. The van der Waals surface area contributed by atoms with E-state index in [1.807, 2.05) is 0 Å². The van der Waals surface area contributed by atoms with E-state index in [0.717, 1.165) is 6.54 Å². The van der Waals surface area contributed by atoms with Gasteiger partial charge in [-0.1, -0.05) is 22.0 Å². The van der Waals surface area contributed by atoms with Crippen molar-refractivity contribution in [3.8, 4) is 0 Å². The summed E-state index contributed by atoms with van der Waals surface area (Å²) in [5.41, 5.74) is 3.10. The molecule has 1 aromatic carbocycles. The summed E-state index contributed by atoms with van der Waals surface area (Å²) in [7, 11) is 0. The Morgan fingerprint density at radius 1 is 1.29 bits per heavy atom. The Bertz CT molecular complexity index is 352. The van der Waals surface area contributed by atoms with Gasteiger partial charge in [-0.3, -0.25) is 0 Å². The predicted molar refractivity (Wildman–Crippen MR) is 64.9 cm³/mol. The second-order valence-electron chi connectivity index (χ2n) is 4.85. The molecular weight excluding hydrogens is 238 g/mol. The van der Waals surface area contributed by atoms with Crippen molar-refractivity contribution in [1.82, 2.24) is 0 Å². The van der Waals surface area contributed by atoms with E-state index in [0.29, 0.717) is 0 Å². The summed E-state index contributed by atoms with van der Waals surface area (Å²) < 4.78 is 1.17. The number of anilines is 1. The fourth-order valence-electron chi connectivity index (χ4n) is 2.05. The summed E-state index contributed by atoms with van der Waals surface area (Å²) in [5.74, 6) is 0. The molecule has 0 bridgehead atoms. The maximum Gasteiger partial charge on any atom is 0.0415 e. The van der Waals surface area contributed by atoms with Crippen molar-refractivity contribution in [2.75, 3.05) is 11.4 Å². The second-order valence-corrected chi connectivity index (χ2v) is 5.76. The first-order chi connectivity index (χ1) is 6.48. The molecule has 0 spiro atoms. The van der Waals surface area contributed by atoms with Gasteiger partial charge in [0.1, 0.15) is 0 Å². The van der Waals surface area contributed by atoms with E-state index in [4.69, 9.17) is 0 Å². The van der Waals surface area contributed by atoms with Crippen molar-refractivity contribution < 1.29 is 0 Å². The van der Waals surface area contributed by atoms with Crippen LogP contribution in [0.15, 0.2) is 22.7 Å². The standard InChI is InChI=1S/C12H16BrN/c1-12(2,3)14-7-6-9-4-5-10(13)8-11(9)14/h4-5,8H,6-7H2,1-3H3. The molecule has 0 atom stereocenters. The summed E-state index contributed by atoms with van der Waals surface area (Å²) in [6.45, 7) is 7.95. The molecule has 1 aliphatic heterocycles. The largest absolute Gasteiger partial charge is 0.366 e. The van der Waals surface area contributed by atoms with E-state index in [2.05, 4.69) is 59.8 Å². The van der Waals surface area contributed by atoms with Gasteiger partial charge in [0.05, 0.1) is 0 Å². The van der Waals surface area contributed by atoms with Crippen LogP contribution in [0.25, 0.3) is 0 Å². The lowest BCUT2D eigenvalue weighted by molar-refractivity contribution is 0.518. The molecule has 1 nitrogen and oxygen atoms in total. The first-order valence-corrected chi connectivity index (χ1v) is 5.84. The average molecular weight is 254 g/mol. The molecule has 14 heavy (non-hydrogen) atoms. The molecule has 0 aromatic heterocycles. The highest BCUT2D eigenvalue weighted by atomic mass is 79.9. The topological polar surface area (TPSA) is 3.24 Å². The smallest absolute Gasteiger partial charge is 0.0415 e. The van der Waals surface area contributed by atoms with Crippen LogP contribution >= 0.6 is 15.9 Å². The van der Waals surface area contributed by atoms with Gasteiger partial charge in [-0.25, -0.2) is 0 Å². The number of hydrogen-bond donors (Lipinski definition) is 0. The van der Waals surface area contributed by atoms with Gasteiger partial charge in [0, 0.05) is 22.2 Å². The predicted octanol–water partition coefficient (Wildman–Crippen LogP) is 3.61. The Balaban J connectivity index is 2.43. The number of fused-ring (bicyclic) bond motifs is 1. The molecule has 0 aliphatic carbocycles. The van der Waals surface area contributed by atoms with Crippen LogP contribution in [0, 0.1) is 0 Å². The second kappa shape index (κ2) is 3.27. The fraction of sp³-hybridized carbons (Fsp3) is 0.500. The van der Waals surface area contributed by atoms with Crippen LogP contribution in [0.3, 0.4) is 0 Å². The summed E-state index contributed by atoms with van der Waals surface area (Å²) in [6, 6.07) is 6.59. The van der Waals surface area contributed by atoms with Crippen LogP contribution in [0.2, 0.25) is 0 Å². The lowest BCUT2D eigenvalue weighted by atomic mass is 10.1. The highest BCUT2D eigenvalue weighted by molar-refractivity contribution is 9.10. The van der Waals surface area contributed by atoms with Gasteiger partial charge >= 0.3 is 0 Å². The highest BCUT2D eigenvalue weighted by Gasteiger charge is 2.27. The minimum Gasteiger partial charge on any atom is -0.366 e. The molecule has 1 heterocycles. The summed E-state index contributed by atoms with van der Waals surface area (Å²) in [5, 5.41) is 0. The van der Waals surface area contributed by atoms with E-state index >= 15 is 0 Å². The molecule has 0 unspecified atom stereocenters. The van der Waals surface area contributed by atoms with Crippen LogP contribution in [0.1, 0.15) is 26.3 Å². The molecule has 0 N–H and O–H groups in total. The van der Waals surface area contributed by atoms with E-state index in [9.17, 15) is 0 Å². The Morgan fingerprint density at radius 3 is 2.64 bits per heavy atom. The Kier molecular flexibility index (Phi) is 2.34. The number of benzene rings is 1. The number of nitrogens with zero attached hydrogens (tertiary/aromatic N) is 1. The summed E-state index contributed by atoms with van der Waals surface area (Å²) in [4.78, 5) is 2.48. The first kappa shape index (κ1) is 10.0. The van der Waals surface area contributed by atoms with Crippen LogP contribution < -0.4 is 4.90 Å². The van der Waals surface area contributed by atoms with E-state index in [-0.39, 0.29) is 5.54 Å². The van der Waals surface area contributed by atoms with Crippen molar-refractivity contribution in [2.45, 2.75) is 32.7 Å². The van der Waals surface area contributed by atoms with Gasteiger partial charge in [-0.05, 0) is 44.9 Å². The van der Waals surface area contributed by atoms with Crippen LogP contribution in [0.4, 0.5) is 5.69 Å². The van der Waals surface area contributed by atoms with Crippen molar-refractivity contribution in [2.24, 2.45) is 0 Å². The van der Waals surface area contributed by atoms with Crippen molar-refractivity contribution in [1.29, 1.82) is 0 Å². The maximum atomic E-state index is 3.53. The molecule has 0 saturated heterocycles. The molecule has 0 saturated carbocycles. The van der Waals surface area contributed by atoms with Crippen LogP contribution in [-0.4, -0.2) is 12.1 Å². The van der Waals surface area contributed by atoms with Crippen molar-refractivity contribution in [3.63, 3.8) is 0 Å². The molecule has 2 rings (SSSR count). The zero-order valence-corrected chi connectivity index (χ0v) is 10.6. The summed E-state index contributed by atoms with van der Waals surface area (Å²) in [6.07, 6.45) is 1.18. The normalized spacial score (nSPS) is 15.9. The monoisotopic (exact) mass is 253 g/mol. The lowest BCUT2D eigenvalue weighted by Gasteiger charge is -2.34. The van der Waals surface area contributed by atoms with Gasteiger partial charge in [0.25, 0.3) is 0 Å². The zero-order chi connectivity index (χ0) is 10.3. The minimum atomic E-state index is 0.228. The molecule has 1 aromatic rings. The van der Waals surface area contributed by atoms with E-state index < -0.39 is 0 Å². The van der Waals surface area contributed by atoms with Crippen LogP contribution in [-0.2, 0) is 6.42 Å². The molecule has 0 radical (unpaired) electrons. The zero-order valence-electron chi connectivity index (χ0n) is 8.97. The third-order valence-corrected chi connectivity index (χ3v) is 3.25. The van der Waals surface area contributed by atoms with E-state index in [1.165, 1.54) is 22.1 Å². The van der Waals surface area contributed by atoms with Gasteiger partial charge in [0.15, 0.2) is 0 Å². The Hall–Kier alpha value is -0.500. The third-order valence-electron chi connectivity index (χ3n) is 2.75. The maximum absolute atomic E-state index is 3.53. The van der Waals surface area contributed by atoms with Crippen molar-refractivity contribution >= 4 is 21.6 Å². The molecular formula is C12H16BrN. The van der Waals surface area contributed by atoms with Gasteiger partial charge in [-0.2, -0.15) is 0 Å². The molecule has 1 aliphatic rings. The van der Waals surface area contributed by atoms with Gasteiger partial charge in [-0.15, -0.1) is 0 Å². The molecule has 76 valence electrons.